The largest absolute Gasteiger partial charge is 0.493 e. The number of carbonyl (C=O) groups is 2. The lowest BCUT2D eigenvalue weighted by molar-refractivity contribution is -0.119. The molecule has 0 heterocycles. The highest BCUT2D eigenvalue weighted by Crippen LogP contribution is 2.38. The first-order valence-corrected chi connectivity index (χ1v) is 10.3. The summed E-state index contributed by atoms with van der Waals surface area (Å²) in [6.07, 6.45) is 1.49. The molecule has 0 fully saturated rings. The second-order valence-corrected chi connectivity index (χ2v) is 6.89. The summed E-state index contributed by atoms with van der Waals surface area (Å²) >= 11 is 0. The van der Waals surface area contributed by atoms with Crippen LogP contribution in [0.4, 0.5) is 5.69 Å². The normalized spacial score (nSPS) is 10.4. The van der Waals surface area contributed by atoms with Gasteiger partial charge in [0.15, 0.2) is 11.5 Å². The molecule has 9 nitrogen and oxygen atoms in total. The molecule has 9 heteroatoms. The molecule has 2 N–H and O–H groups in total. The van der Waals surface area contributed by atoms with E-state index in [1.807, 2.05) is 30.3 Å². The zero-order valence-corrected chi connectivity index (χ0v) is 19.0. The van der Waals surface area contributed by atoms with E-state index in [0.29, 0.717) is 28.6 Å². The van der Waals surface area contributed by atoms with Gasteiger partial charge in [0.1, 0.15) is 5.75 Å². The summed E-state index contributed by atoms with van der Waals surface area (Å²) in [5.41, 5.74) is 4.25. The predicted octanol–water partition coefficient (Wildman–Crippen LogP) is 3.49. The number of nitrogens with one attached hydrogen (secondary N) is 2. The van der Waals surface area contributed by atoms with E-state index in [-0.39, 0.29) is 18.0 Å². The fourth-order valence-electron chi connectivity index (χ4n) is 2.94. The van der Waals surface area contributed by atoms with Gasteiger partial charge in [-0.25, -0.2) is 10.2 Å². The maximum Gasteiger partial charge on any atom is 0.343 e. The Bertz CT molecular complexity index is 1120. The minimum Gasteiger partial charge on any atom is -0.493 e. The molecule has 0 atom stereocenters. The number of carbonyl (C=O) groups excluding carboxylic acids is 2. The number of methoxy groups -OCH3 is 3. The second-order valence-electron chi connectivity index (χ2n) is 6.89. The van der Waals surface area contributed by atoms with Crippen LogP contribution in [0, 0.1) is 0 Å². The van der Waals surface area contributed by atoms with E-state index < -0.39 is 5.97 Å². The number of amides is 1. The van der Waals surface area contributed by atoms with Crippen LogP contribution in [-0.4, -0.2) is 46.0 Å². The van der Waals surface area contributed by atoms with Gasteiger partial charge in [-0.2, -0.15) is 5.10 Å². The maximum atomic E-state index is 12.6. The van der Waals surface area contributed by atoms with E-state index in [0.717, 1.165) is 5.69 Å². The molecule has 0 aromatic heterocycles. The van der Waals surface area contributed by atoms with Gasteiger partial charge >= 0.3 is 5.97 Å². The number of para-hydroxylation sites is 1. The Hall–Kier alpha value is -4.53. The van der Waals surface area contributed by atoms with Gasteiger partial charge in [-0.1, -0.05) is 18.2 Å². The van der Waals surface area contributed by atoms with Crippen molar-refractivity contribution >= 4 is 23.8 Å². The van der Waals surface area contributed by atoms with Gasteiger partial charge in [-0.15, -0.1) is 0 Å². The Morgan fingerprint density at radius 1 is 0.882 bits per heavy atom. The van der Waals surface area contributed by atoms with Crippen LogP contribution >= 0.6 is 0 Å². The molecule has 0 aliphatic carbocycles. The Kier molecular flexibility index (Phi) is 8.45. The topological polar surface area (TPSA) is 107 Å². The van der Waals surface area contributed by atoms with Gasteiger partial charge in [0.25, 0.3) is 5.91 Å². The van der Waals surface area contributed by atoms with Crippen LogP contribution in [-0.2, 0) is 4.79 Å². The van der Waals surface area contributed by atoms with E-state index in [1.165, 1.54) is 39.7 Å². The number of benzene rings is 3. The number of hydrogen-bond donors (Lipinski definition) is 2. The molecule has 3 aromatic rings. The lowest BCUT2D eigenvalue weighted by Gasteiger charge is -2.13. The van der Waals surface area contributed by atoms with Crippen molar-refractivity contribution in [2.45, 2.75) is 0 Å². The first kappa shape index (κ1) is 24.1. The average molecular weight is 463 g/mol. The molecule has 0 spiro atoms. The number of ether oxygens (including phenoxy) is 4. The molecule has 0 radical (unpaired) electrons. The Morgan fingerprint density at radius 3 is 2.12 bits per heavy atom. The quantitative estimate of drug-likeness (QED) is 0.205. The van der Waals surface area contributed by atoms with Crippen LogP contribution in [0.15, 0.2) is 71.8 Å². The molecule has 0 saturated heterocycles. The molecule has 0 aliphatic heterocycles. The van der Waals surface area contributed by atoms with Gasteiger partial charge in [-0.3, -0.25) is 4.79 Å². The lowest BCUT2D eigenvalue weighted by Crippen LogP contribution is -2.25. The summed E-state index contributed by atoms with van der Waals surface area (Å²) in [4.78, 5) is 24.5. The van der Waals surface area contributed by atoms with Crippen LogP contribution in [0.25, 0.3) is 0 Å². The maximum absolute atomic E-state index is 12.6. The van der Waals surface area contributed by atoms with Crippen LogP contribution in [0.2, 0.25) is 0 Å². The molecule has 3 rings (SSSR count). The highest BCUT2D eigenvalue weighted by Gasteiger charge is 2.18. The fourth-order valence-corrected chi connectivity index (χ4v) is 2.94. The van der Waals surface area contributed by atoms with Gasteiger partial charge in [0, 0.05) is 5.69 Å². The Balaban J connectivity index is 1.55. The highest BCUT2D eigenvalue weighted by molar-refractivity contribution is 5.93. The zero-order valence-electron chi connectivity index (χ0n) is 19.0. The monoisotopic (exact) mass is 463 g/mol. The van der Waals surface area contributed by atoms with E-state index in [2.05, 4.69) is 15.8 Å². The lowest BCUT2D eigenvalue weighted by atomic mass is 10.2. The summed E-state index contributed by atoms with van der Waals surface area (Å²) in [6.45, 7) is 0.0944. The summed E-state index contributed by atoms with van der Waals surface area (Å²) < 4.78 is 21.2. The molecular weight excluding hydrogens is 438 g/mol. The van der Waals surface area contributed by atoms with Crippen LogP contribution in [0.5, 0.6) is 23.0 Å². The van der Waals surface area contributed by atoms with Gasteiger partial charge in [0.2, 0.25) is 5.75 Å². The van der Waals surface area contributed by atoms with Crippen molar-refractivity contribution in [1.82, 2.24) is 5.43 Å². The fraction of sp³-hybridized carbons (Fsp3) is 0.160. The number of esters is 1. The van der Waals surface area contributed by atoms with Crippen LogP contribution < -0.4 is 29.7 Å². The summed E-state index contributed by atoms with van der Waals surface area (Å²) in [6, 6.07) is 19.1. The van der Waals surface area contributed by atoms with Crippen molar-refractivity contribution in [2.24, 2.45) is 5.10 Å². The van der Waals surface area contributed by atoms with Crippen molar-refractivity contribution in [1.29, 1.82) is 0 Å². The third kappa shape index (κ3) is 6.49. The van der Waals surface area contributed by atoms with E-state index in [1.54, 1.807) is 24.3 Å². The van der Waals surface area contributed by atoms with Crippen LogP contribution in [0.1, 0.15) is 15.9 Å². The molecule has 1 amide bonds. The van der Waals surface area contributed by atoms with E-state index in [4.69, 9.17) is 18.9 Å². The molecule has 0 bridgehead atoms. The number of anilines is 1. The second kappa shape index (κ2) is 11.9. The van der Waals surface area contributed by atoms with Gasteiger partial charge in [-0.05, 0) is 54.1 Å². The van der Waals surface area contributed by atoms with Gasteiger partial charge in [0.05, 0.1) is 39.7 Å². The van der Waals surface area contributed by atoms with Gasteiger partial charge < -0.3 is 24.3 Å². The third-order valence-corrected chi connectivity index (χ3v) is 4.62. The third-order valence-electron chi connectivity index (χ3n) is 4.62. The molecule has 0 saturated carbocycles. The van der Waals surface area contributed by atoms with Crippen molar-refractivity contribution in [2.75, 3.05) is 33.2 Å². The van der Waals surface area contributed by atoms with Crippen molar-refractivity contribution < 1.29 is 28.5 Å². The molecule has 34 heavy (non-hydrogen) atoms. The SMILES string of the molecule is COc1cc(C(=O)Oc2ccc(/C=N/NC(=O)CNc3ccccc3)cc2)cc(OC)c1OC. The average Bonchev–Trinajstić information content (AvgIpc) is 2.88. The number of rotatable bonds is 10. The molecule has 3 aromatic carbocycles. The standard InChI is InChI=1S/C25H25N3O6/c1-31-21-13-18(14-22(32-2)24(21)33-3)25(30)34-20-11-9-17(10-12-20)15-27-28-23(29)16-26-19-7-5-4-6-8-19/h4-15,26H,16H2,1-3H3,(H,28,29)/b27-15+. The Morgan fingerprint density at radius 2 is 1.53 bits per heavy atom. The number of hydrazone groups is 1. The molecule has 0 unspecified atom stereocenters. The summed E-state index contributed by atoms with van der Waals surface area (Å²) in [5, 5.41) is 6.93. The summed E-state index contributed by atoms with van der Waals surface area (Å²) in [5.74, 6) is 0.553. The first-order chi connectivity index (χ1) is 16.5. The minimum atomic E-state index is -0.584. The summed E-state index contributed by atoms with van der Waals surface area (Å²) in [7, 11) is 4.42. The van der Waals surface area contributed by atoms with Crippen molar-refractivity contribution in [3.05, 3.63) is 77.9 Å². The number of nitrogens with zero attached hydrogens (tertiary/aromatic N) is 1. The van der Waals surface area contributed by atoms with Crippen molar-refractivity contribution in [3.63, 3.8) is 0 Å². The van der Waals surface area contributed by atoms with E-state index in [9.17, 15) is 9.59 Å². The number of hydrogen-bond acceptors (Lipinski definition) is 8. The molecule has 0 aliphatic rings. The van der Waals surface area contributed by atoms with Crippen molar-refractivity contribution in [3.8, 4) is 23.0 Å². The first-order valence-electron chi connectivity index (χ1n) is 10.3. The predicted molar refractivity (Wildman–Crippen MR) is 128 cm³/mol. The van der Waals surface area contributed by atoms with E-state index >= 15 is 0 Å². The minimum absolute atomic E-state index is 0.0944. The molecular formula is C25H25N3O6. The van der Waals surface area contributed by atoms with Crippen LogP contribution in [0.3, 0.4) is 0 Å². The molecule has 176 valence electrons. The highest BCUT2D eigenvalue weighted by atomic mass is 16.5. The smallest absolute Gasteiger partial charge is 0.343 e. The Labute approximate surface area is 197 Å². The zero-order chi connectivity index (χ0) is 24.3.